The van der Waals surface area contributed by atoms with Gasteiger partial charge in [0, 0.05) is 11.6 Å². The van der Waals surface area contributed by atoms with Crippen molar-refractivity contribution in [3.63, 3.8) is 0 Å². The summed E-state index contributed by atoms with van der Waals surface area (Å²) in [7, 11) is 0. The Hall–Kier alpha value is -2.60. The van der Waals surface area contributed by atoms with Crippen molar-refractivity contribution in [3.8, 4) is 5.75 Å². The number of amides is 1. The van der Waals surface area contributed by atoms with Crippen molar-refractivity contribution in [1.82, 2.24) is 5.32 Å². The summed E-state index contributed by atoms with van der Waals surface area (Å²) in [4.78, 5) is 23.4. The van der Waals surface area contributed by atoms with Crippen LogP contribution in [-0.2, 0) is 16.0 Å². The molecule has 1 amide bonds. The molecule has 0 spiro atoms. The fraction of sp³-hybridized carbons (Fsp3) is 0.176. The first-order chi connectivity index (χ1) is 11.5. The van der Waals surface area contributed by atoms with Crippen LogP contribution in [-0.4, -0.2) is 30.1 Å². The van der Waals surface area contributed by atoms with Crippen molar-refractivity contribution in [2.75, 3.05) is 13.2 Å². The molecule has 5 nitrogen and oxygen atoms in total. The average molecular weight is 352 g/mol. The van der Waals surface area contributed by atoms with Crippen LogP contribution in [0.15, 0.2) is 42.5 Å². The number of carbonyl (C=O) groups is 2. The maximum atomic E-state index is 13.4. The van der Waals surface area contributed by atoms with E-state index in [9.17, 15) is 19.1 Å². The third kappa shape index (κ3) is 4.96. The van der Waals surface area contributed by atoms with E-state index in [1.807, 2.05) is 0 Å². The lowest BCUT2D eigenvalue weighted by Crippen LogP contribution is -2.30. The summed E-state index contributed by atoms with van der Waals surface area (Å²) >= 11 is 5.73. The molecular weight excluding hydrogens is 337 g/mol. The number of carbonyl (C=O) groups excluding carboxylic acids is 2. The second kappa shape index (κ2) is 8.31. The zero-order chi connectivity index (χ0) is 17.5. The van der Waals surface area contributed by atoms with Gasteiger partial charge in [0.2, 0.25) is 0 Å². The molecule has 0 unspecified atom stereocenters. The fourth-order valence-electron chi connectivity index (χ4n) is 1.97. The molecule has 0 saturated carbocycles. The predicted octanol–water partition coefficient (Wildman–Crippen LogP) is 2.70. The lowest BCUT2D eigenvalue weighted by Gasteiger charge is -2.08. The summed E-state index contributed by atoms with van der Waals surface area (Å²) in [5, 5.41) is 12.3. The third-order valence-corrected chi connectivity index (χ3v) is 3.42. The number of ether oxygens (including phenoxy) is 1. The Morgan fingerprint density at radius 2 is 1.96 bits per heavy atom. The second-order valence-electron chi connectivity index (χ2n) is 4.93. The molecule has 0 atom stereocenters. The molecule has 0 fully saturated rings. The van der Waals surface area contributed by atoms with Gasteiger partial charge in [0.1, 0.15) is 17.1 Å². The van der Waals surface area contributed by atoms with Gasteiger partial charge in [-0.1, -0.05) is 29.8 Å². The van der Waals surface area contributed by atoms with Gasteiger partial charge < -0.3 is 15.2 Å². The third-order valence-electron chi connectivity index (χ3n) is 3.19. The first-order valence-corrected chi connectivity index (χ1v) is 7.51. The Morgan fingerprint density at radius 1 is 1.21 bits per heavy atom. The van der Waals surface area contributed by atoms with Gasteiger partial charge in [0.25, 0.3) is 5.91 Å². The summed E-state index contributed by atoms with van der Waals surface area (Å²) in [6, 6.07) is 10.2. The Balaban J connectivity index is 1.78. The minimum absolute atomic E-state index is 0.123. The average Bonchev–Trinajstić information content (AvgIpc) is 2.56. The zero-order valence-electron chi connectivity index (χ0n) is 12.6. The topological polar surface area (TPSA) is 75.6 Å². The van der Waals surface area contributed by atoms with Crippen LogP contribution in [0.1, 0.15) is 15.9 Å². The van der Waals surface area contributed by atoms with Crippen molar-refractivity contribution in [3.05, 3.63) is 64.4 Å². The van der Waals surface area contributed by atoms with Crippen molar-refractivity contribution in [1.29, 1.82) is 0 Å². The lowest BCUT2D eigenvalue weighted by molar-refractivity contribution is -0.124. The van der Waals surface area contributed by atoms with Gasteiger partial charge in [0.15, 0.2) is 6.61 Å². The smallest absolute Gasteiger partial charge is 0.342 e. The number of phenols is 1. The first kappa shape index (κ1) is 17.7. The summed E-state index contributed by atoms with van der Waals surface area (Å²) < 4.78 is 18.2. The summed E-state index contributed by atoms with van der Waals surface area (Å²) in [6.45, 7) is -0.304. The molecule has 2 aromatic carbocycles. The number of halogens is 2. The first-order valence-electron chi connectivity index (χ1n) is 7.13. The molecule has 0 saturated heterocycles. The number of hydrogen-bond acceptors (Lipinski definition) is 4. The van der Waals surface area contributed by atoms with Crippen LogP contribution in [0.5, 0.6) is 5.75 Å². The Kier molecular flexibility index (Phi) is 6.14. The molecule has 0 bridgehead atoms. The van der Waals surface area contributed by atoms with Crippen LogP contribution in [0.4, 0.5) is 4.39 Å². The molecule has 0 heterocycles. The lowest BCUT2D eigenvalue weighted by atomic mass is 10.1. The highest BCUT2D eigenvalue weighted by molar-refractivity contribution is 6.31. The van der Waals surface area contributed by atoms with E-state index in [0.29, 0.717) is 12.0 Å². The second-order valence-corrected chi connectivity index (χ2v) is 5.37. The van der Waals surface area contributed by atoms with Crippen LogP contribution in [0, 0.1) is 5.82 Å². The standard InChI is InChI=1S/C17H15ClFNO4/c18-12-5-6-15(21)13(9-12)17(23)24-10-16(22)20-8-7-11-3-1-2-4-14(11)19/h1-6,9,21H,7-8,10H2,(H,20,22). The molecular formula is C17H15ClFNO4. The van der Waals surface area contributed by atoms with Crippen molar-refractivity contribution >= 4 is 23.5 Å². The molecule has 126 valence electrons. The van der Waals surface area contributed by atoms with Crippen LogP contribution < -0.4 is 5.32 Å². The molecule has 0 radical (unpaired) electrons. The van der Waals surface area contributed by atoms with E-state index < -0.39 is 18.5 Å². The van der Waals surface area contributed by atoms with Crippen LogP contribution in [0.2, 0.25) is 5.02 Å². The minimum Gasteiger partial charge on any atom is -0.507 e. The largest absolute Gasteiger partial charge is 0.507 e. The van der Waals surface area contributed by atoms with E-state index in [4.69, 9.17) is 16.3 Å². The van der Waals surface area contributed by atoms with Crippen LogP contribution in [0.25, 0.3) is 0 Å². The summed E-state index contributed by atoms with van der Waals surface area (Å²) in [6.07, 6.45) is 0.321. The van der Waals surface area contributed by atoms with Crippen molar-refractivity contribution in [2.45, 2.75) is 6.42 Å². The van der Waals surface area contributed by atoms with E-state index in [0.717, 1.165) is 0 Å². The summed E-state index contributed by atoms with van der Waals surface area (Å²) in [5.41, 5.74) is 0.361. The van der Waals surface area contributed by atoms with Crippen molar-refractivity contribution < 1.29 is 23.8 Å². The quantitative estimate of drug-likeness (QED) is 0.785. The van der Waals surface area contributed by atoms with E-state index in [2.05, 4.69) is 5.32 Å². The van der Waals surface area contributed by atoms with Crippen LogP contribution in [0.3, 0.4) is 0 Å². The molecule has 24 heavy (non-hydrogen) atoms. The minimum atomic E-state index is -0.862. The maximum Gasteiger partial charge on any atom is 0.342 e. The molecule has 0 aromatic heterocycles. The van der Waals surface area contributed by atoms with E-state index in [1.54, 1.807) is 18.2 Å². The maximum absolute atomic E-state index is 13.4. The monoisotopic (exact) mass is 351 g/mol. The van der Waals surface area contributed by atoms with Gasteiger partial charge in [-0.2, -0.15) is 0 Å². The molecule has 0 aliphatic heterocycles. The number of esters is 1. The van der Waals surface area contributed by atoms with Crippen LogP contribution >= 0.6 is 11.6 Å². The van der Waals surface area contributed by atoms with Gasteiger partial charge in [-0.05, 0) is 36.2 Å². The Morgan fingerprint density at radius 3 is 2.71 bits per heavy atom. The number of rotatable bonds is 6. The molecule has 0 aliphatic rings. The number of phenolic OH excluding ortho intramolecular Hbond substituents is 1. The van der Waals surface area contributed by atoms with Gasteiger partial charge in [0.05, 0.1) is 0 Å². The highest BCUT2D eigenvalue weighted by Crippen LogP contribution is 2.22. The Bertz CT molecular complexity index is 751. The highest BCUT2D eigenvalue weighted by Gasteiger charge is 2.15. The molecule has 2 aromatic rings. The van der Waals surface area contributed by atoms with E-state index in [-0.39, 0.29) is 28.7 Å². The van der Waals surface area contributed by atoms with Gasteiger partial charge in [-0.15, -0.1) is 0 Å². The van der Waals surface area contributed by atoms with Gasteiger partial charge in [-0.25, -0.2) is 9.18 Å². The highest BCUT2D eigenvalue weighted by atomic mass is 35.5. The van der Waals surface area contributed by atoms with Crippen molar-refractivity contribution in [2.24, 2.45) is 0 Å². The molecule has 0 aliphatic carbocycles. The normalized spacial score (nSPS) is 10.2. The Labute approximate surface area is 143 Å². The number of hydrogen-bond donors (Lipinski definition) is 2. The molecule has 7 heteroatoms. The SMILES string of the molecule is O=C(COC(=O)c1cc(Cl)ccc1O)NCCc1ccccc1F. The van der Waals surface area contributed by atoms with E-state index in [1.165, 1.54) is 24.3 Å². The molecule has 2 rings (SSSR count). The van der Waals surface area contributed by atoms with Gasteiger partial charge >= 0.3 is 5.97 Å². The number of benzene rings is 2. The fourth-order valence-corrected chi connectivity index (χ4v) is 2.14. The zero-order valence-corrected chi connectivity index (χ0v) is 13.3. The number of nitrogens with one attached hydrogen (secondary N) is 1. The predicted molar refractivity (Wildman–Crippen MR) is 86.5 cm³/mol. The molecule has 2 N–H and O–H groups in total. The summed E-state index contributed by atoms with van der Waals surface area (Å²) in [5.74, 6) is -2.01. The number of aromatic hydroxyl groups is 1. The van der Waals surface area contributed by atoms with Gasteiger partial charge in [-0.3, -0.25) is 4.79 Å². The van der Waals surface area contributed by atoms with E-state index >= 15 is 0 Å².